The van der Waals surface area contributed by atoms with Gasteiger partial charge in [0.25, 0.3) is 0 Å². The highest BCUT2D eigenvalue weighted by Crippen LogP contribution is 2.31. The first-order valence-corrected chi connectivity index (χ1v) is 7.40. The number of aromatic nitrogens is 2. The van der Waals surface area contributed by atoms with Crippen LogP contribution in [0.25, 0.3) is 0 Å². The van der Waals surface area contributed by atoms with Crippen LogP contribution in [0.2, 0.25) is 0 Å². The minimum absolute atomic E-state index is 0.185. The summed E-state index contributed by atoms with van der Waals surface area (Å²) in [5.74, 6) is 0. The van der Waals surface area contributed by atoms with E-state index in [2.05, 4.69) is 38.7 Å². The molecule has 0 bridgehead atoms. The third-order valence-corrected chi connectivity index (χ3v) is 4.02. The molecule has 1 aliphatic heterocycles. The van der Waals surface area contributed by atoms with E-state index in [1.807, 2.05) is 18.7 Å². The Balaban J connectivity index is 1.68. The van der Waals surface area contributed by atoms with Gasteiger partial charge in [0.05, 0.1) is 6.33 Å². The van der Waals surface area contributed by atoms with E-state index in [0.717, 1.165) is 32.5 Å². The summed E-state index contributed by atoms with van der Waals surface area (Å²) in [6.45, 7) is 3.20. The van der Waals surface area contributed by atoms with E-state index >= 15 is 0 Å². The van der Waals surface area contributed by atoms with Gasteiger partial charge in [-0.15, -0.1) is 0 Å². The number of anilines is 1. The monoisotopic (exact) mass is 270 g/mol. The van der Waals surface area contributed by atoms with E-state index < -0.39 is 0 Å². The van der Waals surface area contributed by atoms with Gasteiger partial charge in [0.15, 0.2) is 0 Å². The van der Waals surface area contributed by atoms with Crippen molar-refractivity contribution in [3.63, 3.8) is 0 Å². The average molecular weight is 270 g/mol. The summed E-state index contributed by atoms with van der Waals surface area (Å²) in [6.07, 6.45) is 9.11. The maximum atomic E-state index is 6.28. The molecule has 1 aliphatic rings. The van der Waals surface area contributed by atoms with Crippen LogP contribution in [0.5, 0.6) is 0 Å². The molecule has 2 N–H and O–H groups in total. The molecule has 0 fully saturated rings. The summed E-state index contributed by atoms with van der Waals surface area (Å²) in [5, 5.41) is 0. The van der Waals surface area contributed by atoms with Gasteiger partial charge in [-0.05, 0) is 30.9 Å². The van der Waals surface area contributed by atoms with Crippen molar-refractivity contribution in [3.05, 3.63) is 48.5 Å². The van der Waals surface area contributed by atoms with Gasteiger partial charge in [-0.25, -0.2) is 4.98 Å². The standard InChI is InChI=1S/C16H22N4/c17-15-6-3-10-20(16-7-2-1-5-14(15)16)11-4-9-19-12-8-18-13-19/h1-2,5,7-8,12-13,15H,3-4,6,9-11,17H2. The highest BCUT2D eigenvalue weighted by Gasteiger charge is 2.19. The summed E-state index contributed by atoms with van der Waals surface area (Å²) in [7, 11) is 0. The Morgan fingerprint density at radius 2 is 2.15 bits per heavy atom. The molecule has 1 aromatic heterocycles. The largest absolute Gasteiger partial charge is 0.371 e. The highest BCUT2D eigenvalue weighted by molar-refractivity contribution is 5.55. The summed E-state index contributed by atoms with van der Waals surface area (Å²) in [6, 6.07) is 8.77. The van der Waals surface area contributed by atoms with Crippen LogP contribution in [-0.4, -0.2) is 22.6 Å². The Labute approximate surface area is 120 Å². The zero-order valence-corrected chi connectivity index (χ0v) is 11.8. The van der Waals surface area contributed by atoms with Crippen molar-refractivity contribution in [2.75, 3.05) is 18.0 Å². The molecule has 2 heterocycles. The van der Waals surface area contributed by atoms with Crippen LogP contribution in [-0.2, 0) is 6.54 Å². The van der Waals surface area contributed by atoms with Crippen LogP contribution in [0.3, 0.4) is 0 Å². The van der Waals surface area contributed by atoms with Crippen molar-refractivity contribution in [3.8, 4) is 0 Å². The zero-order valence-electron chi connectivity index (χ0n) is 11.8. The van der Waals surface area contributed by atoms with Crippen molar-refractivity contribution >= 4 is 5.69 Å². The van der Waals surface area contributed by atoms with E-state index in [0.29, 0.717) is 0 Å². The molecule has 0 saturated heterocycles. The van der Waals surface area contributed by atoms with Gasteiger partial charge in [-0.1, -0.05) is 18.2 Å². The Morgan fingerprint density at radius 1 is 1.25 bits per heavy atom. The topological polar surface area (TPSA) is 47.1 Å². The third kappa shape index (κ3) is 2.85. The molecule has 1 atom stereocenters. The van der Waals surface area contributed by atoms with Crippen LogP contribution in [0.15, 0.2) is 43.0 Å². The molecule has 4 heteroatoms. The number of imidazole rings is 1. The van der Waals surface area contributed by atoms with Crippen molar-refractivity contribution < 1.29 is 0 Å². The molecule has 1 unspecified atom stereocenters. The quantitative estimate of drug-likeness (QED) is 0.929. The van der Waals surface area contributed by atoms with E-state index in [-0.39, 0.29) is 6.04 Å². The number of rotatable bonds is 4. The Bertz CT molecular complexity index is 535. The molecular weight excluding hydrogens is 248 g/mol. The van der Waals surface area contributed by atoms with E-state index in [9.17, 15) is 0 Å². The number of hydrogen-bond acceptors (Lipinski definition) is 3. The lowest BCUT2D eigenvalue weighted by Gasteiger charge is -2.25. The molecule has 4 nitrogen and oxygen atoms in total. The summed E-state index contributed by atoms with van der Waals surface area (Å²) in [5.41, 5.74) is 8.90. The van der Waals surface area contributed by atoms with Gasteiger partial charge in [0.1, 0.15) is 0 Å². The Hall–Kier alpha value is -1.81. The minimum atomic E-state index is 0.185. The first kappa shape index (κ1) is 13.2. The molecule has 1 aromatic carbocycles. The summed E-state index contributed by atoms with van der Waals surface area (Å²) >= 11 is 0. The summed E-state index contributed by atoms with van der Waals surface area (Å²) in [4.78, 5) is 6.57. The van der Waals surface area contributed by atoms with Gasteiger partial charge in [-0.3, -0.25) is 0 Å². The number of aryl methyl sites for hydroxylation is 1. The van der Waals surface area contributed by atoms with Crippen LogP contribution < -0.4 is 10.6 Å². The normalized spacial score (nSPS) is 18.6. The molecule has 20 heavy (non-hydrogen) atoms. The van der Waals surface area contributed by atoms with E-state index in [1.54, 1.807) is 0 Å². The Morgan fingerprint density at radius 3 is 3.00 bits per heavy atom. The second-order valence-corrected chi connectivity index (χ2v) is 5.45. The second kappa shape index (κ2) is 6.09. The predicted molar refractivity (Wildman–Crippen MR) is 81.7 cm³/mol. The van der Waals surface area contributed by atoms with Gasteiger partial charge < -0.3 is 15.2 Å². The highest BCUT2D eigenvalue weighted by atomic mass is 15.1. The fourth-order valence-corrected chi connectivity index (χ4v) is 2.96. The molecule has 3 rings (SSSR count). The van der Waals surface area contributed by atoms with Crippen molar-refractivity contribution in [1.82, 2.24) is 9.55 Å². The molecule has 0 saturated carbocycles. The van der Waals surface area contributed by atoms with Crippen LogP contribution in [0.4, 0.5) is 5.69 Å². The van der Waals surface area contributed by atoms with Crippen LogP contribution >= 0.6 is 0 Å². The van der Waals surface area contributed by atoms with Crippen molar-refractivity contribution in [2.45, 2.75) is 31.8 Å². The number of nitrogens with two attached hydrogens (primary N) is 1. The smallest absolute Gasteiger partial charge is 0.0945 e. The van der Waals surface area contributed by atoms with Crippen LogP contribution in [0, 0.1) is 0 Å². The molecular formula is C16H22N4. The van der Waals surface area contributed by atoms with Crippen molar-refractivity contribution in [1.29, 1.82) is 0 Å². The lowest BCUT2D eigenvalue weighted by Crippen LogP contribution is -2.26. The zero-order chi connectivity index (χ0) is 13.8. The molecule has 106 valence electrons. The first-order chi connectivity index (χ1) is 9.84. The first-order valence-electron chi connectivity index (χ1n) is 7.40. The van der Waals surface area contributed by atoms with Gasteiger partial charge in [-0.2, -0.15) is 0 Å². The molecule has 0 spiro atoms. The number of benzene rings is 1. The second-order valence-electron chi connectivity index (χ2n) is 5.45. The number of para-hydroxylation sites is 1. The maximum absolute atomic E-state index is 6.28. The fourth-order valence-electron chi connectivity index (χ4n) is 2.96. The Kier molecular flexibility index (Phi) is 4.02. The third-order valence-electron chi connectivity index (χ3n) is 4.02. The fraction of sp³-hybridized carbons (Fsp3) is 0.438. The maximum Gasteiger partial charge on any atom is 0.0945 e. The van der Waals surface area contributed by atoms with Gasteiger partial charge >= 0.3 is 0 Å². The molecule has 2 aromatic rings. The molecule has 0 amide bonds. The van der Waals surface area contributed by atoms with Crippen molar-refractivity contribution in [2.24, 2.45) is 5.73 Å². The SMILES string of the molecule is NC1CCCN(CCCn2ccnc2)c2ccccc21. The molecule has 0 radical (unpaired) electrons. The lowest BCUT2D eigenvalue weighted by atomic mass is 10.0. The van der Waals surface area contributed by atoms with Gasteiger partial charge in [0, 0.05) is 43.8 Å². The average Bonchev–Trinajstić information content (AvgIpc) is 2.93. The number of fused-ring (bicyclic) bond motifs is 1. The minimum Gasteiger partial charge on any atom is -0.371 e. The van der Waals surface area contributed by atoms with Crippen LogP contribution in [0.1, 0.15) is 30.9 Å². The van der Waals surface area contributed by atoms with Gasteiger partial charge in [0.2, 0.25) is 0 Å². The number of nitrogens with zero attached hydrogens (tertiary/aromatic N) is 3. The predicted octanol–water partition coefficient (Wildman–Crippen LogP) is 2.57. The lowest BCUT2D eigenvalue weighted by molar-refractivity contribution is 0.599. The molecule has 0 aliphatic carbocycles. The van der Waals surface area contributed by atoms with E-state index in [1.165, 1.54) is 17.7 Å². The number of hydrogen-bond donors (Lipinski definition) is 1. The van der Waals surface area contributed by atoms with E-state index in [4.69, 9.17) is 5.73 Å². The summed E-state index contributed by atoms with van der Waals surface area (Å²) < 4.78 is 2.13.